The molecule has 2 aromatic heterocycles. The van der Waals surface area contributed by atoms with Crippen molar-refractivity contribution in [3.63, 3.8) is 0 Å². The van der Waals surface area contributed by atoms with Crippen LogP contribution in [-0.2, 0) is 17.8 Å². The summed E-state index contributed by atoms with van der Waals surface area (Å²) in [6.07, 6.45) is 4.16. The second-order valence-corrected chi connectivity index (χ2v) is 6.94. The van der Waals surface area contributed by atoms with Gasteiger partial charge in [0.25, 0.3) is 0 Å². The maximum Gasteiger partial charge on any atom is 0.228 e. The normalized spacial score (nSPS) is 11.9. The Labute approximate surface area is 150 Å². The van der Waals surface area contributed by atoms with Crippen LogP contribution in [0, 0.1) is 0 Å². The molecule has 0 spiro atoms. The van der Waals surface area contributed by atoms with Gasteiger partial charge in [-0.15, -0.1) is 11.3 Å². The van der Waals surface area contributed by atoms with Crippen molar-refractivity contribution < 1.29 is 4.79 Å². The molecule has 0 radical (unpaired) electrons. The van der Waals surface area contributed by atoms with Gasteiger partial charge in [0, 0.05) is 28.8 Å². The minimum Gasteiger partial charge on any atom is -0.351 e. The fourth-order valence-corrected chi connectivity index (χ4v) is 3.38. The molecule has 1 N–H and O–H groups in total. The summed E-state index contributed by atoms with van der Waals surface area (Å²) < 4.78 is 0. The molecule has 1 amide bonds. The fraction of sp³-hybridized carbons (Fsp3) is 0.158. The number of hydrogen-bond donors (Lipinski definition) is 1. The first kappa shape index (κ1) is 16.7. The third-order valence-corrected chi connectivity index (χ3v) is 4.91. The van der Waals surface area contributed by atoms with E-state index in [1.807, 2.05) is 47.8 Å². The Bertz CT molecular complexity index is 773. The number of rotatable bonds is 6. The Balaban J connectivity index is 1.75. The molecule has 3 nitrogen and oxygen atoms in total. The lowest BCUT2D eigenvalue weighted by molar-refractivity contribution is -0.122. The van der Waals surface area contributed by atoms with E-state index in [1.54, 1.807) is 23.7 Å². The average Bonchev–Trinajstić information content (AvgIpc) is 3.13. The summed E-state index contributed by atoms with van der Waals surface area (Å²) in [4.78, 5) is 18.0. The average molecular weight is 357 g/mol. The Morgan fingerprint density at radius 1 is 1.17 bits per heavy atom. The van der Waals surface area contributed by atoms with Gasteiger partial charge in [0.2, 0.25) is 5.91 Å². The van der Waals surface area contributed by atoms with Crippen molar-refractivity contribution >= 4 is 28.8 Å². The summed E-state index contributed by atoms with van der Waals surface area (Å²) in [5.74, 6) is -0.229. The molecule has 1 aromatic carbocycles. The lowest BCUT2D eigenvalue weighted by atomic mass is 9.94. The summed E-state index contributed by atoms with van der Waals surface area (Å²) in [6.45, 7) is 0.473. The summed E-state index contributed by atoms with van der Waals surface area (Å²) >= 11 is 7.64. The number of nitrogens with one attached hydrogen (secondary N) is 1. The number of carbonyl (C=O) groups excluding carboxylic acids is 1. The van der Waals surface area contributed by atoms with Crippen molar-refractivity contribution in [3.05, 3.63) is 87.3 Å². The summed E-state index contributed by atoms with van der Waals surface area (Å²) in [6, 6.07) is 15.4. The number of carbonyl (C=O) groups is 1. The van der Waals surface area contributed by atoms with Gasteiger partial charge in [0.1, 0.15) is 0 Å². The lowest BCUT2D eigenvalue weighted by Crippen LogP contribution is -2.30. The first-order valence-corrected chi connectivity index (χ1v) is 8.92. The predicted octanol–water partition coefficient (Wildman–Crippen LogP) is 4.44. The highest BCUT2D eigenvalue weighted by Gasteiger charge is 2.21. The van der Waals surface area contributed by atoms with Gasteiger partial charge in [-0.1, -0.05) is 35.9 Å². The third kappa shape index (κ3) is 4.43. The molecule has 3 aromatic rings. The molecule has 0 aliphatic carbocycles. The number of nitrogens with zero attached hydrogens (tertiary/aromatic N) is 1. The number of benzene rings is 1. The van der Waals surface area contributed by atoms with E-state index in [9.17, 15) is 4.79 Å². The number of hydrogen-bond acceptors (Lipinski definition) is 3. The molecule has 1 atom stereocenters. The molecule has 122 valence electrons. The molecule has 0 saturated heterocycles. The second kappa shape index (κ2) is 8.08. The molecule has 0 bridgehead atoms. The molecular weight excluding hydrogens is 340 g/mol. The molecular formula is C19H17ClN2OS. The van der Waals surface area contributed by atoms with Crippen molar-refractivity contribution in [2.75, 3.05) is 0 Å². The standard InChI is InChI=1S/C19H17ClN2OS/c20-16-7-5-15(6-8-16)18(11-17-4-2-10-24-17)19(23)22-13-14-3-1-9-21-12-14/h1-10,12,18H,11,13H2,(H,22,23). The van der Waals surface area contributed by atoms with Crippen LogP contribution in [0.15, 0.2) is 66.3 Å². The van der Waals surface area contributed by atoms with E-state index in [2.05, 4.69) is 16.4 Å². The van der Waals surface area contributed by atoms with Crippen LogP contribution in [0.2, 0.25) is 5.02 Å². The smallest absolute Gasteiger partial charge is 0.228 e. The molecule has 3 rings (SSSR count). The van der Waals surface area contributed by atoms with Gasteiger partial charge in [-0.05, 0) is 47.2 Å². The Morgan fingerprint density at radius 2 is 2.00 bits per heavy atom. The van der Waals surface area contributed by atoms with Gasteiger partial charge >= 0.3 is 0 Å². The maximum absolute atomic E-state index is 12.8. The van der Waals surface area contributed by atoms with Gasteiger partial charge in [-0.25, -0.2) is 0 Å². The molecule has 0 fully saturated rings. The largest absolute Gasteiger partial charge is 0.351 e. The number of aromatic nitrogens is 1. The first-order chi connectivity index (χ1) is 11.7. The van der Waals surface area contributed by atoms with Crippen LogP contribution in [0.3, 0.4) is 0 Å². The van der Waals surface area contributed by atoms with Gasteiger partial charge in [0.05, 0.1) is 5.92 Å². The van der Waals surface area contributed by atoms with E-state index >= 15 is 0 Å². The van der Waals surface area contributed by atoms with Gasteiger partial charge in [0.15, 0.2) is 0 Å². The van der Waals surface area contributed by atoms with Crippen molar-refractivity contribution in [3.8, 4) is 0 Å². The Kier molecular flexibility index (Phi) is 5.62. The van der Waals surface area contributed by atoms with E-state index in [4.69, 9.17) is 11.6 Å². The van der Waals surface area contributed by atoms with Gasteiger partial charge < -0.3 is 5.32 Å². The van der Waals surface area contributed by atoms with Crippen molar-refractivity contribution in [2.45, 2.75) is 18.9 Å². The topological polar surface area (TPSA) is 42.0 Å². The highest BCUT2D eigenvalue weighted by Crippen LogP contribution is 2.25. The molecule has 5 heteroatoms. The molecule has 0 aliphatic heterocycles. The summed E-state index contributed by atoms with van der Waals surface area (Å²) in [5, 5.41) is 5.72. The van der Waals surface area contributed by atoms with Crippen molar-refractivity contribution in [2.24, 2.45) is 0 Å². The number of pyridine rings is 1. The predicted molar refractivity (Wildman–Crippen MR) is 98.3 cm³/mol. The SMILES string of the molecule is O=C(NCc1cccnc1)C(Cc1cccs1)c1ccc(Cl)cc1. The number of thiophene rings is 1. The van der Waals surface area contributed by atoms with Crippen molar-refractivity contribution in [1.29, 1.82) is 0 Å². The lowest BCUT2D eigenvalue weighted by Gasteiger charge is -2.17. The highest BCUT2D eigenvalue weighted by atomic mass is 35.5. The summed E-state index contributed by atoms with van der Waals surface area (Å²) in [7, 11) is 0. The van der Waals surface area contributed by atoms with Crippen LogP contribution < -0.4 is 5.32 Å². The van der Waals surface area contributed by atoms with Gasteiger partial charge in [-0.3, -0.25) is 9.78 Å². The monoisotopic (exact) mass is 356 g/mol. The Morgan fingerprint density at radius 3 is 2.67 bits per heavy atom. The van der Waals surface area contributed by atoms with Crippen molar-refractivity contribution in [1.82, 2.24) is 10.3 Å². The van der Waals surface area contributed by atoms with Crippen LogP contribution in [0.5, 0.6) is 0 Å². The summed E-state index contributed by atoms with van der Waals surface area (Å²) in [5.41, 5.74) is 1.95. The quantitative estimate of drug-likeness (QED) is 0.709. The molecule has 1 unspecified atom stereocenters. The van der Waals surface area contributed by atoms with E-state index in [0.29, 0.717) is 18.0 Å². The second-order valence-electron chi connectivity index (χ2n) is 5.47. The molecule has 0 saturated carbocycles. The minimum atomic E-state index is -0.238. The van der Waals surface area contributed by atoms with E-state index in [0.717, 1.165) is 11.1 Å². The number of amides is 1. The molecule has 2 heterocycles. The third-order valence-electron chi connectivity index (χ3n) is 3.76. The zero-order valence-electron chi connectivity index (χ0n) is 13.0. The fourth-order valence-electron chi connectivity index (χ4n) is 2.50. The zero-order valence-corrected chi connectivity index (χ0v) is 14.6. The van der Waals surface area contributed by atoms with Crippen LogP contribution in [-0.4, -0.2) is 10.9 Å². The molecule has 0 aliphatic rings. The Hall–Kier alpha value is -2.17. The number of halogens is 1. The van der Waals surface area contributed by atoms with E-state index < -0.39 is 0 Å². The van der Waals surface area contributed by atoms with E-state index in [-0.39, 0.29) is 11.8 Å². The van der Waals surface area contributed by atoms with Gasteiger partial charge in [-0.2, -0.15) is 0 Å². The zero-order chi connectivity index (χ0) is 16.8. The maximum atomic E-state index is 12.8. The van der Waals surface area contributed by atoms with Crippen LogP contribution in [0.4, 0.5) is 0 Å². The molecule has 24 heavy (non-hydrogen) atoms. The minimum absolute atomic E-state index is 0.00887. The first-order valence-electron chi connectivity index (χ1n) is 7.67. The van der Waals surface area contributed by atoms with Crippen LogP contribution in [0.1, 0.15) is 21.9 Å². The highest BCUT2D eigenvalue weighted by molar-refractivity contribution is 7.09. The van der Waals surface area contributed by atoms with Crippen LogP contribution >= 0.6 is 22.9 Å². The van der Waals surface area contributed by atoms with Crippen LogP contribution in [0.25, 0.3) is 0 Å². The van der Waals surface area contributed by atoms with E-state index in [1.165, 1.54) is 4.88 Å².